The summed E-state index contributed by atoms with van der Waals surface area (Å²) in [6.45, 7) is 0. The number of hydrogen-bond donors (Lipinski definition) is 0. The van der Waals surface area contributed by atoms with E-state index >= 15 is 0 Å². The molecule has 0 aliphatic carbocycles. The Kier molecular flexibility index (Phi) is 7.23. The Bertz CT molecular complexity index is 3540. The van der Waals surface area contributed by atoms with E-state index in [-0.39, 0.29) is 0 Å². The maximum Gasteiger partial charge on any atom is 0.136 e. The van der Waals surface area contributed by atoms with Gasteiger partial charge in [0.2, 0.25) is 0 Å². The fourth-order valence-corrected chi connectivity index (χ4v) is 9.13. The van der Waals surface area contributed by atoms with Crippen molar-refractivity contribution in [3.63, 3.8) is 0 Å². The van der Waals surface area contributed by atoms with Crippen molar-refractivity contribution in [3.05, 3.63) is 206 Å². The molecule has 0 spiro atoms. The third-order valence-corrected chi connectivity index (χ3v) is 11.8. The summed E-state index contributed by atoms with van der Waals surface area (Å²) in [5.41, 5.74) is 15.3. The van der Waals surface area contributed by atoms with Crippen molar-refractivity contribution in [1.29, 1.82) is 0 Å². The van der Waals surface area contributed by atoms with E-state index in [1.54, 1.807) is 0 Å². The summed E-state index contributed by atoms with van der Waals surface area (Å²) < 4.78 is 9.00. The maximum absolute atomic E-state index is 6.62. The third-order valence-electron chi connectivity index (χ3n) is 11.8. The summed E-state index contributed by atoms with van der Waals surface area (Å²) in [5, 5.41) is 8.12. The smallest absolute Gasteiger partial charge is 0.136 e. The zero-order chi connectivity index (χ0) is 38.2. The molecule has 12 rings (SSSR count). The molecular weight excluding hydrogens is 705 g/mol. The van der Waals surface area contributed by atoms with Crippen molar-refractivity contribution >= 4 is 65.4 Å². The molecule has 0 amide bonds. The summed E-state index contributed by atoms with van der Waals surface area (Å²) in [5.74, 6) is 0. The van der Waals surface area contributed by atoms with E-state index in [2.05, 4.69) is 205 Å². The van der Waals surface area contributed by atoms with Crippen LogP contribution in [0.15, 0.2) is 211 Å². The molecule has 9 aromatic carbocycles. The summed E-state index contributed by atoms with van der Waals surface area (Å²) in [7, 11) is 0. The predicted molar refractivity (Wildman–Crippen MR) is 243 cm³/mol. The molecule has 0 saturated carbocycles. The zero-order valence-electron chi connectivity index (χ0n) is 31.4. The predicted octanol–water partition coefficient (Wildman–Crippen LogP) is 15.1. The normalized spacial score (nSPS) is 11.8. The number of aromatic nitrogens is 2. The van der Waals surface area contributed by atoms with Crippen LogP contribution < -0.4 is 0 Å². The van der Waals surface area contributed by atoms with Crippen molar-refractivity contribution < 1.29 is 4.42 Å². The number of hydrogen-bond acceptors (Lipinski definition) is 2. The minimum absolute atomic E-state index is 0.859. The summed E-state index contributed by atoms with van der Waals surface area (Å²) >= 11 is 0. The molecule has 0 N–H and O–H groups in total. The average Bonchev–Trinajstić information content (AvgIpc) is 3.84. The molecular formula is C55H34N2O. The van der Waals surface area contributed by atoms with Crippen LogP contribution in [0.1, 0.15) is 0 Å². The number of para-hydroxylation sites is 4. The summed E-state index contributed by atoms with van der Waals surface area (Å²) in [6, 6.07) is 73.8. The van der Waals surface area contributed by atoms with Gasteiger partial charge in [0, 0.05) is 54.5 Å². The van der Waals surface area contributed by atoms with Crippen molar-refractivity contribution in [2.75, 3.05) is 0 Å². The Balaban J connectivity index is 1.02. The van der Waals surface area contributed by atoms with Crippen LogP contribution in [0.4, 0.5) is 0 Å². The second-order valence-electron chi connectivity index (χ2n) is 15.1. The van der Waals surface area contributed by atoms with Crippen LogP contribution in [0.2, 0.25) is 0 Å². The van der Waals surface area contributed by atoms with Crippen LogP contribution in [-0.4, -0.2) is 9.55 Å². The van der Waals surface area contributed by atoms with Gasteiger partial charge < -0.3 is 8.98 Å². The monoisotopic (exact) mass is 738 g/mol. The SMILES string of the molecule is c1ccc(-c2nc3ccccc3c3c(-c4ccc(-c5cccc(-c6ccc7c8ccccc8n(-c8ccccc8)c7c6)c5)cc4)c4c(cc23)oc2ccccc24)cc1. The molecule has 0 unspecified atom stereocenters. The molecule has 0 bridgehead atoms. The molecule has 58 heavy (non-hydrogen) atoms. The summed E-state index contributed by atoms with van der Waals surface area (Å²) in [4.78, 5) is 5.26. The van der Waals surface area contributed by atoms with Crippen LogP contribution in [0.3, 0.4) is 0 Å². The topological polar surface area (TPSA) is 31.0 Å². The van der Waals surface area contributed by atoms with E-state index in [9.17, 15) is 0 Å². The number of rotatable bonds is 5. The molecule has 0 radical (unpaired) electrons. The first kappa shape index (κ1) is 32.5. The molecule has 270 valence electrons. The number of furan rings is 1. The molecule has 0 saturated heterocycles. The molecule has 3 nitrogen and oxygen atoms in total. The van der Waals surface area contributed by atoms with Gasteiger partial charge in [-0.25, -0.2) is 4.98 Å². The van der Waals surface area contributed by atoms with Crippen molar-refractivity contribution in [3.8, 4) is 50.3 Å². The second-order valence-corrected chi connectivity index (χ2v) is 15.1. The van der Waals surface area contributed by atoms with Gasteiger partial charge >= 0.3 is 0 Å². The zero-order valence-corrected chi connectivity index (χ0v) is 31.4. The van der Waals surface area contributed by atoms with E-state index in [0.717, 1.165) is 71.9 Å². The molecule has 3 heterocycles. The number of pyridine rings is 1. The molecule has 0 aliphatic heterocycles. The fourth-order valence-electron chi connectivity index (χ4n) is 9.13. The number of nitrogens with zero attached hydrogens (tertiary/aromatic N) is 2. The van der Waals surface area contributed by atoms with E-state index in [4.69, 9.17) is 9.40 Å². The lowest BCUT2D eigenvalue weighted by Gasteiger charge is -2.16. The highest BCUT2D eigenvalue weighted by molar-refractivity contribution is 6.27. The number of fused-ring (bicyclic) bond motifs is 9. The van der Waals surface area contributed by atoms with Gasteiger partial charge in [-0.05, 0) is 76.3 Å². The van der Waals surface area contributed by atoms with Gasteiger partial charge in [-0.15, -0.1) is 0 Å². The Morgan fingerprint density at radius 1 is 0.345 bits per heavy atom. The first-order chi connectivity index (χ1) is 28.8. The second kappa shape index (κ2) is 12.9. The maximum atomic E-state index is 6.62. The van der Waals surface area contributed by atoms with Crippen molar-refractivity contribution in [1.82, 2.24) is 9.55 Å². The van der Waals surface area contributed by atoms with E-state index in [1.807, 2.05) is 6.07 Å². The largest absolute Gasteiger partial charge is 0.456 e. The number of benzene rings is 9. The van der Waals surface area contributed by atoms with Gasteiger partial charge in [0.15, 0.2) is 0 Å². The van der Waals surface area contributed by atoms with Crippen molar-refractivity contribution in [2.24, 2.45) is 0 Å². The van der Waals surface area contributed by atoms with Gasteiger partial charge in [-0.2, -0.15) is 0 Å². The molecule has 3 aromatic heterocycles. The lowest BCUT2D eigenvalue weighted by atomic mass is 9.89. The lowest BCUT2D eigenvalue weighted by molar-refractivity contribution is 0.669. The van der Waals surface area contributed by atoms with E-state index < -0.39 is 0 Å². The molecule has 0 fully saturated rings. The highest BCUT2D eigenvalue weighted by Gasteiger charge is 2.22. The van der Waals surface area contributed by atoms with Crippen LogP contribution in [0, 0.1) is 0 Å². The third kappa shape index (κ3) is 5.04. The van der Waals surface area contributed by atoms with Crippen LogP contribution >= 0.6 is 0 Å². The molecule has 0 atom stereocenters. The molecule has 12 aromatic rings. The summed E-state index contributed by atoms with van der Waals surface area (Å²) in [6.07, 6.45) is 0. The Morgan fingerprint density at radius 2 is 0.948 bits per heavy atom. The highest BCUT2D eigenvalue weighted by atomic mass is 16.3. The Labute approximate surface area is 334 Å². The minimum Gasteiger partial charge on any atom is -0.456 e. The van der Waals surface area contributed by atoms with E-state index in [0.29, 0.717) is 0 Å². The van der Waals surface area contributed by atoms with Gasteiger partial charge in [0.05, 0.1) is 22.2 Å². The Hall–Kier alpha value is -7.75. The molecule has 3 heteroatoms. The van der Waals surface area contributed by atoms with Crippen LogP contribution in [0.25, 0.3) is 116 Å². The minimum atomic E-state index is 0.859. The quantitative estimate of drug-likeness (QED) is 0.165. The highest BCUT2D eigenvalue weighted by Crippen LogP contribution is 2.46. The average molecular weight is 739 g/mol. The van der Waals surface area contributed by atoms with Crippen molar-refractivity contribution in [2.45, 2.75) is 0 Å². The van der Waals surface area contributed by atoms with Gasteiger partial charge in [0.1, 0.15) is 11.2 Å². The van der Waals surface area contributed by atoms with Gasteiger partial charge in [0.25, 0.3) is 0 Å². The van der Waals surface area contributed by atoms with Gasteiger partial charge in [-0.1, -0.05) is 158 Å². The van der Waals surface area contributed by atoms with Crippen LogP contribution in [0.5, 0.6) is 0 Å². The molecule has 0 aliphatic rings. The lowest BCUT2D eigenvalue weighted by Crippen LogP contribution is -1.93. The van der Waals surface area contributed by atoms with Gasteiger partial charge in [-0.3, -0.25) is 0 Å². The van der Waals surface area contributed by atoms with Crippen LogP contribution in [-0.2, 0) is 0 Å². The first-order valence-electron chi connectivity index (χ1n) is 19.8. The first-order valence-corrected chi connectivity index (χ1v) is 19.8. The Morgan fingerprint density at radius 3 is 1.78 bits per heavy atom. The fraction of sp³-hybridized carbons (Fsp3) is 0. The standard InChI is InChI=1S/C55H34N2O/c1-3-14-37(15-4-1)55-46-34-51-54(45-22-9-12-25-50(45)58-51)52(53(46)44-21-7-10-23-47(44)56-55)36-28-26-35(27-29-36)38-16-13-17-39(32-38)40-30-31-43-42-20-8-11-24-48(42)57(49(43)33-40)41-18-5-2-6-19-41/h1-34H. The van der Waals surface area contributed by atoms with E-state index in [1.165, 1.54) is 43.9 Å².